The molecule has 1 aliphatic heterocycles. The maximum absolute atomic E-state index is 6.32. The minimum absolute atomic E-state index is 0.910. The summed E-state index contributed by atoms with van der Waals surface area (Å²) in [5, 5.41) is 7.15. The van der Waals surface area contributed by atoms with Crippen LogP contribution in [0.4, 0.5) is 0 Å². The van der Waals surface area contributed by atoms with Gasteiger partial charge in [-0.2, -0.15) is 0 Å². The number of ether oxygens (including phenoxy) is 1. The molecule has 40 heavy (non-hydrogen) atoms. The van der Waals surface area contributed by atoms with Crippen molar-refractivity contribution < 1.29 is 9.15 Å². The lowest BCUT2D eigenvalue weighted by atomic mass is 9.90. The SMILES string of the molecule is c1ccc2c(c1)Oc1ccc(-c3ccc(-c4cccc5oc6ccc7ccccc7c6c45)cc3)c3cccc-2c13. The molecule has 0 radical (unpaired) electrons. The summed E-state index contributed by atoms with van der Waals surface area (Å²) < 4.78 is 12.6. The van der Waals surface area contributed by atoms with Gasteiger partial charge in [0.2, 0.25) is 0 Å². The molecule has 0 aliphatic carbocycles. The van der Waals surface area contributed by atoms with Crippen molar-refractivity contribution in [2.75, 3.05) is 0 Å². The lowest BCUT2D eigenvalue weighted by Gasteiger charge is -2.22. The van der Waals surface area contributed by atoms with E-state index in [1.54, 1.807) is 0 Å². The summed E-state index contributed by atoms with van der Waals surface area (Å²) in [6.45, 7) is 0. The van der Waals surface area contributed by atoms with Crippen molar-refractivity contribution in [1.82, 2.24) is 0 Å². The molecule has 7 aromatic carbocycles. The van der Waals surface area contributed by atoms with Gasteiger partial charge in [0.25, 0.3) is 0 Å². The highest BCUT2D eigenvalue weighted by molar-refractivity contribution is 6.22. The molecule has 0 amide bonds. The van der Waals surface area contributed by atoms with Crippen LogP contribution in [0.2, 0.25) is 0 Å². The first-order valence-corrected chi connectivity index (χ1v) is 13.6. The van der Waals surface area contributed by atoms with Crippen LogP contribution in [-0.2, 0) is 0 Å². The Kier molecular flexibility index (Phi) is 4.36. The van der Waals surface area contributed by atoms with Crippen LogP contribution in [0.3, 0.4) is 0 Å². The molecule has 2 heterocycles. The standard InChI is InChI=1S/C38H22O2/c1-2-8-27-23(7-1)19-21-35-38(27)37-28(10-6-14-33(37)40-35)25-17-15-24(16-18-25)26-20-22-34-36-30(26)11-5-12-31(36)29-9-3-4-13-32(29)39-34/h1-22H. The average Bonchev–Trinajstić information content (AvgIpc) is 3.41. The van der Waals surface area contributed by atoms with E-state index in [-0.39, 0.29) is 0 Å². The molecule has 0 N–H and O–H groups in total. The van der Waals surface area contributed by atoms with Crippen LogP contribution in [0.1, 0.15) is 0 Å². The highest BCUT2D eigenvalue weighted by Crippen LogP contribution is 2.48. The molecule has 0 atom stereocenters. The normalized spacial score (nSPS) is 12.2. The van der Waals surface area contributed by atoms with Gasteiger partial charge in [-0.1, -0.05) is 109 Å². The fourth-order valence-corrected chi connectivity index (χ4v) is 6.49. The Labute approximate surface area is 230 Å². The van der Waals surface area contributed by atoms with Crippen molar-refractivity contribution in [2.24, 2.45) is 0 Å². The summed E-state index contributed by atoms with van der Waals surface area (Å²) >= 11 is 0. The second kappa shape index (κ2) is 8.08. The molecular formula is C38H22O2. The zero-order valence-corrected chi connectivity index (χ0v) is 21.5. The predicted octanol–water partition coefficient (Wildman–Crippen LogP) is 11.0. The molecule has 0 bridgehead atoms. The summed E-state index contributed by atoms with van der Waals surface area (Å²) in [6.07, 6.45) is 0. The largest absolute Gasteiger partial charge is 0.456 e. The first kappa shape index (κ1) is 21.6. The summed E-state index contributed by atoms with van der Waals surface area (Å²) in [5.74, 6) is 1.82. The van der Waals surface area contributed by atoms with E-state index in [0.29, 0.717) is 0 Å². The zero-order valence-electron chi connectivity index (χ0n) is 21.5. The minimum Gasteiger partial charge on any atom is -0.456 e. The Morgan fingerprint density at radius 1 is 0.350 bits per heavy atom. The van der Waals surface area contributed by atoms with Gasteiger partial charge in [0.15, 0.2) is 0 Å². The van der Waals surface area contributed by atoms with Crippen molar-refractivity contribution in [2.45, 2.75) is 0 Å². The molecule has 186 valence electrons. The van der Waals surface area contributed by atoms with Gasteiger partial charge in [0, 0.05) is 21.7 Å². The number of para-hydroxylation sites is 1. The Bertz CT molecular complexity index is 2290. The molecule has 9 rings (SSSR count). The van der Waals surface area contributed by atoms with Crippen LogP contribution in [0.5, 0.6) is 11.5 Å². The van der Waals surface area contributed by atoms with Crippen LogP contribution < -0.4 is 4.74 Å². The first-order valence-electron chi connectivity index (χ1n) is 13.6. The summed E-state index contributed by atoms with van der Waals surface area (Å²) in [6, 6.07) is 47.1. The van der Waals surface area contributed by atoms with E-state index in [9.17, 15) is 0 Å². The third-order valence-electron chi connectivity index (χ3n) is 8.29. The van der Waals surface area contributed by atoms with Gasteiger partial charge < -0.3 is 9.15 Å². The van der Waals surface area contributed by atoms with E-state index in [1.165, 1.54) is 60.1 Å². The molecule has 2 heteroatoms. The average molecular weight is 511 g/mol. The molecule has 1 aromatic heterocycles. The van der Waals surface area contributed by atoms with E-state index in [4.69, 9.17) is 9.15 Å². The smallest absolute Gasteiger partial charge is 0.136 e. The fourth-order valence-electron chi connectivity index (χ4n) is 6.49. The van der Waals surface area contributed by atoms with Gasteiger partial charge in [0.05, 0.1) is 0 Å². The van der Waals surface area contributed by atoms with Gasteiger partial charge in [-0.3, -0.25) is 0 Å². The van der Waals surface area contributed by atoms with E-state index >= 15 is 0 Å². The Morgan fingerprint density at radius 3 is 1.98 bits per heavy atom. The zero-order chi connectivity index (χ0) is 26.2. The monoisotopic (exact) mass is 510 g/mol. The second-order valence-corrected chi connectivity index (χ2v) is 10.5. The summed E-state index contributed by atoms with van der Waals surface area (Å²) in [7, 11) is 0. The van der Waals surface area contributed by atoms with Crippen LogP contribution >= 0.6 is 0 Å². The Morgan fingerprint density at radius 2 is 1.05 bits per heavy atom. The van der Waals surface area contributed by atoms with Crippen molar-refractivity contribution in [3.05, 3.63) is 133 Å². The highest BCUT2D eigenvalue weighted by Gasteiger charge is 2.21. The molecular weight excluding hydrogens is 488 g/mol. The van der Waals surface area contributed by atoms with Gasteiger partial charge in [-0.05, 0) is 68.2 Å². The highest BCUT2D eigenvalue weighted by atomic mass is 16.5. The Hall–Kier alpha value is -5.34. The van der Waals surface area contributed by atoms with Crippen molar-refractivity contribution >= 4 is 43.5 Å². The fraction of sp³-hybridized carbons (Fsp3) is 0. The first-order chi connectivity index (χ1) is 19.8. The van der Waals surface area contributed by atoms with Crippen LogP contribution in [0.15, 0.2) is 138 Å². The maximum Gasteiger partial charge on any atom is 0.136 e. The quantitative estimate of drug-likeness (QED) is 0.231. The number of furan rings is 1. The lowest BCUT2D eigenvalue weighted by Crippen LogP contribution is -1.97. The third kappa shape index (κ3) is 2.99. The third-order valence-corrected chi connectivity index (χ3v) is 8.29. The molecule has 8 aromatic rings. The molecule has 1 aliphatic rings. The molecule has 0 spiro atoms. The van der Waals surface area contributed by atoms with Gasteiger partial charge in [0.1, 0.15) is 22.7 Å². The maximum atomic E-state index is 6.32. The van der Waals surface area contributed by atoms with Crippen LogP contribution in [0.25, 0.3) is 76.9 Å². The van der Waals surface area contributed by atoms with Crippen molar-refractivity contribution in [3.63, 3.8) is 0 Å². The number of hydrogen-bond donors (Lipinski definition) is 0. The van der Waals surface area contributed by atoms with Crippen LogP contribution in [0, 0.1) is 0 Å². The molecule has 0 fully saturated rings. The predicted molar refractivity (Wildman–Crippen MR) is 165 cm³/mol. The Balaban J connectivity index is 1.21. The number of rotatable bonds is 2. The second-order valence-electron chi connectivity index (χ2n) is 10.5. The van der Waals surface area contributed by atoms with Gasteiger partial charge in [-0.15, -0.1) is 0 Å². The van der Waals surface area contributed by atoms with E-state index in [2.05, 4.69) is 121 Å². The number of benzene rings is 7. The molecule has 0 unspecified atom stereocenters. The van der Waals surface area contributed by atoms with Gasteiger partial charge in [-0.25, -0.2) is 0 Å². The van der Waals surface area contributed by atoms with Crippen LogP contribution in [-0.4, -0.2) is 0 Å². The molecule has 0 saturated carbocycles. The van der Waals surface area contributed by atoms with Crippen molar-refractivity contribution in [3.8, 4) is 44.9 Å². The summed E-state index contributed by atoms with van der Waals surface area (Å²) in [5.41, 5.74) is 8.93. The number of hydrogen-bond acceptors (Lipinski definition) is 2. The number of fused-ring (bicyclic) bond motifs is 7. The minimum atomic E-state index is 0.910. The topological polar surface area (TPSA) is 22.4 Å². The lowest BCUT2D eigenvalue weighted by molar-refractivity contribution is 0.487. The molecule has 0 saturated heterocycles. The van der Waals surface area contributed by atoms with E-state index < -0.39 is 0 Å². The van der Waals surface area contributed by atoms with Crippen molar-refractivity contribution in [1.29, 1.82) is 0 Å². The summed E-state index contributed by atoms with van der Waals surface area (Å²) in [4.78, 5) is 0. The van der Waals surface area contributed by atoms with Gasteiger partial charge >= 0.3 is 0 Å². The molecule has 2 nitrogen and oxygen atoms in total. The van der Waals surface area contributed by atoms with E-state index in [0.717, 1.165) is 28.2 Å². The van der Waals surface area contributed by atoms with E-state index in [1.807, 2.05) is 12.1 Å².